The summed E-state index contributed by atoms with van der Waals surface area (Å²) in [5.74, 6) is -0.226. The molecular weight excluding hydrogens is 550 g/mol. The number of ether oxygens (including phenoxy) is 2. The number of carbonyl (C=O) groups is 2. The molecule has 0 bridgehead atoms. The molecule has 1 atom stereocenters. The molecule has 0 saturated carbocycles. The summed E-state index contributed by atoms with van der Waals surface area (Å²) < 4.78 is 59.7. The van der Waals surface area contributed by atoms with Crippen molar-refractivity contribution in [2.45, 2.75) is 89.6 Å². The van der Waals surface area contributed by atoms with Gasteiger partial charge in [-0.25, -0.2) is 19.1 Å². The Balaban J connectivity index is -0.0000000966. The Hall–Kier alpha value is -0.250. The standard InChI is InChI=1S/C11H21O3.C11H19O2.2Na.2O3S/c1-10(12)8-6-4-3-5-7-9-11(13)14-2;1-3-4-5-6-7-8-9-10-11(12)13-2;;;2*1-4(2)3/h10,12H,1,3-9H2,2H3;3-4H,1,5-10H2,2H3;;;;/q2*-1;2*+1;;/b;4-3+;;;;. The van der Waals surface area contributed by atoms with Crippen LogP contribution in [0.3, 0.4) is 0 Å². The second-order valence-electron chi connectivity index (χ2n) is 6.95. The van der Waals surface area contributed by atoms with Crippen molar-refractivity contribution in [1.82, 2.24) is 0 Å². The van der Waals surface area contributed by atoms with E-state index < -0.39 is 27.3 Å². The number of unbranched alkanes of at least 4 members (excludes halogenated alkanes) is 8. The first kappa shape index (κ1) is 49.7. The SMILES string of the molecule is O=S(=O)=O.O=S(=O)=O.[CH2-]/C=C/CCCCCCC(=O)OC.[CH2-]C(O)CCCCCCCC(=O)OC.[Na+].[Na+]. The zero-order chi connectivity index (χ0) is 27.9. The van der Waals surface area contributed by atoms with Crippen molar-refractivity contribution in [2.24, 2.45) is 0 Å². The number of rotatable bonds is 15. The summed E-state index contributed by atoms with van der Waals surface area (Å²) >= 11 is 0. The monoisotopic (exact) mass is 590 g/mol. The van der Waals surface area contributed by atoms with Crippen LogP contribution in [-0.4, -0.2) is 62.6 Å². The van der Waals surface area contributed by atoms with Gasteiger partial charge in [-0.15, -0.1) is 31.7 Å². The van der Waals surface area contributed by atoms with Crippen LogP contribution in [0.1, 0.15) is 83.5 Å². The van der Waals surface area contributed by atoms with E-state index in [9.17, 15) is 9.59 Å². The first-order valence-electron chi connectivity index (χ1n) is 11.1. The summed E-state index contributed by atoms with van der Waals surface area (Å²) in [7, 11) is -3.38. The molecule has 0 saturated heterocycles. The molecule has 0 aliphatic rings. The van der Waals surface area contributed by atoms with E-state index in [4.69, 9.17) is 30.4 Å². The minimum atomic E-state index is -3.11. The Labute approximate surface area is 269 Å². The van der Waals surface area contributed by atoms with E-state index in [1.165, 1.54) is 27.1 Å². The topological polar surface area (TPSA) is 175 Å². The summed E-state index contributed by atoms with van der Waals surface area (Å²) in [6.07, 6.45) is 16.0. The first-order valence-corrected chi connectivity index (χ1v) is 13.1. The maximum absolute atomic E-state index is 10.7. The van der Waals surface area contributed by atoms with E-state index in [1.807, 2.05) is 6.08 Å². The normalized spacial score (nSPS) is 9.73. The molecule has 0 aromatic rings. The van der Waals surface area contributed by atoms with Gasteiger partial charge in [0.25, 0.3) is 0 Å². The van der Waals surface area contributed by atoms with E-state index in [1.54, 1.807) is 0 Å². The number of aliphatic hydroxyl groups is 1. The summed E-state index contributed by atoms with van der Waals surface area (Å²) in [4.78, 5) is 21.4. The Morgan fingerprint density at radius 2 is 1.05 bits per heavy atom. The maximum Gasteiger partial charge on any atom is 1.00 e. The molecule has 11 nitrogen and oxygen atoms in total. The fourth-order valence-electron chi connectivity index (χ4n) is 2.39. The molecule has 0 aromatic heterocycles. The number of carbonyl (C=O) groups excluding carboxylic acids is 2. The van der Waals surface area contributed by atoms with E-state index in [0.717, 1.165) is 57.8 Å². The Kier molecular flexibility index (Phi) is 57.5. The van der Waals surface area contributed by atoms with Crippen molar-refractivity contribution in [3.8, 4) is 0 Å². The molecular formula is C22H40Na2O11S2. The van der Waals surface area contributed by atoms with E-state index in [0.29, 0.717) is 12.8 Å². The van der Waals surface area contributed by atoms with Gasteiger partial charge in [0.1, 0.15) is 0 Å². The van der Waals surface area contributed by atoms with Crippen molar-refractivity contribution in [3.05, 3.63) is 26.0 Å². The van der Waals surface area contributed by atoms with Gasteiger partial charge in [0, 0.05) is 12.8 Å². The van der Waals surface area contributed by atoms with Crippen LogP contribution in [0.2, 0.25) is 0 Å². The van der Waals surface area contributed by atoms with Crippen LogP contribution in [0, 0.1) is 13.8 Å². The number of allylic oxidation sites excluding steroid dienone is 2. The summed E-state index contributed by atoms with van der Waals surface area (Å²) in [6, 6.07) is 0. The largest absolute Gasteiger partial charge is 1.00 e. The molecule has 1 N–H and O–H groups in total. The van der Waals surface area contributed by atoms with Gasteiger partial charge in [-0.05, 0) is 12.8 Å². The van der Waals surface area contributed by atoms with Gasteiger partial charge in [-0.3, -0.25) is 9.59 Å². The van der Waals surface area contributed by atoms with Gasteiger partial charge in [0.2, 0.25) is 0 Å². The molecule has 0 aliphatic heterocycles. The van der Waals surface area contributed by atoms with Gasteiger partial charge in [-0.1, -0.05) is 57.5 Å². The second-order valence-corrected chi connectivity index (χ2v) is 7.76. The van der Waals surface area contributed by atoms with Gasteiger partial charge in [0.15, 0.2) is 0 Å². The molecule has 15 heteroatoms. The van der Waals surface area contributed by atoms with Crippen LogP contribution in [0.15, 0.2) is 12.2 Å². The minimum absolute atomic E-state index is 0. The average Bonchev–Trinajstić information content (AvgIpc) is 2.77. The van der Waals surface area contributed by atoms with E-state index >= 15 is 0 Å². The fraction of sp³-hybridized carbons (Fsp3) is 0.727. The molecule has 0 radical (unpaired) electrons. The average molecular weight is 591 g/mol. The molecule has 0 aliphatic carbocycles. The van der Waals surface area contributed by atoms with Crippen molar-refractivity contribution < 1.29 is 109 Å². The number of hydrogen-bond acceptors (Lipinski definition) is 11. The number of aliphatic hydroxyl groups excluding tert-OH is 1. The minimum Gasteiger partial charge on any atom is -0.469 e. The smallest absolute Gasteiger partial charge is 0.469 e. The molecule has 37 heavy (non-hydrogen) atoms. The summed E-state index contributed by atoms with van der Waals surface area (Å²) in [6.45, 7) is 7.11. The van der Waals surface area contributed by atoms with Gasteiger partial charge >= 0.3 is 92.3 Å². The van der Waals surface area contributed by atoms with Crippen LogP contribution in [0.25, 0.3) is 0 Å². The third-order valence-electron chi connectivity index (χ3n) is 4.04. The fourth-order valence-corrected chi connectivity index (χ4v) is 2.39. The Morgan fingerprint density at radius 1 is 0.730 bits per heavy atom. The van der Waals surface area contributed by atoms with Crippen LogP contribution in [0.4, 0.5) is 0 Å². The van der Waals surface area contributed by atoms with Crippen LogP contribution in [0.5, 0.6) is 0 Å². The maximum atomic E-state index is 10.7. The molecule has 0 fully saturated rings. The van der Waals surface area contributed by atoms with Gasteiger partial charge in [0.05, 0.1) is 14.2 Å². The third kappa shape index (κ3) is 78.7. The van der Waals surface area contributed by atoms with Crippen molar-refractivity contribution >= 4 is 33.2 Å². The van der Waals surface area contributed by atoms with Crippen LogP contribution >= 0.6 is 0 Å². The van der Waals surface area contributed by atoms with E-state index in [2.05, 4.69) is 29.4 Å². The van der Waals surface area contributed by atoms with Gasteiger partial charge < -0.3 is 21.5 Å². The first-order chi connectivity index (χ1) is 16.4. The quantitative estimate of drug-likeness (QED) is 0.0889. The zero-order valence-electron chi connectivity index (χ0n) is 22.7. The molecule has 0 aromatic carbocycles. The van der Waals surface area contributed by atoms with Crippen molar-refractivity contribution in [3.63, 3.8) is 0 Å². The zero-order valence-corrected chi connectivity index (χ0v) is 28.3. The molecule has 0 heterocycles. The summed E-state index contributed by atoms with van der Waals surface area (Å²) in [5, 5.41) is 8.89. The second kappa shape index (κ2) is 42.8. The predicted octanol–water partition coefficient (Wildman–Crippen LogP) is -3.02. The Bertz CT molecular complexity index is 696. The number of esters is 2. The van der Waals surface area contributed by atoms with Crippen LogP contribution < -0.4 is 59.1 Å². The summed E-state index contributed by atoms with van der Waals surface area (Å²) in [5.41, 5.74) is 0. The molecule has 208 valence electrons. The van der Waals surface area contributed by atoms with Gasteiger partial charge in [-0.2, -0.15) is 0 Å². The van der Waals surface area contributed by atoms with Crippen molar-refractivity contribution in [1.29, 1.82) is 0 Å². The predicted molar refractivity (Wildman–Crippen MR) is 129 cm³/mol. The number of methoxy groups -OCH3 is 2. The third-order valence-corrected chi connectivity index (χ3v) is 4.04. The van der Waals surface area contributed by atoms with Crippen molar-refractivity contribution in [2.75, 3.05) is 14.2 Å². The molecule has 0 spiro atoms. The number of hydrogen-bond donors (Lipinski definition) is 1. The van der Waals surface area contributed by atoms with Crippen LogP contribution in [-0.2, 0) is 40.3 Å². The van der Waals surface area contributed by atoms with E-state index in [-0.39, 0.29) is 71.1 Å². The molecule has 1 unspecified atom stereocenters. The Morgan fingerprint density at radius 3 is 1.38 bits per heavy atom. The molecule has 0 rings (SSSR count). The molecule has 0 amide bonds.